The molecule has 3 rings (SSSR count). The van der Waals surface area contributed by atoms with Crippen molar-refractivity contribution in [2.75, 3.05) is 5.73 Å². The Bertz CT molecular complexity index is 565. The SMILES string of the molecule is Cc1ccc(-n2nc(C3CC3)cc2N)cc1C. The highest BCUT2D eigenvalue weighted by atomic mass is 15.3. The predicted octanol–water partition coefficient (Wildman–Crippen LogP) is 2.95. The van der Waals surface area contributed by atoms with Gasteiger partial charge in [-0.3, -0.25) is 0 Å². The lowest BCUT2D eigenvalue weighted by atomic mass is 10.1. The number of hydrogen-bond donors (Lipinski definition) is 1. The van der Waals surface area contributed by atoms with Crippen molar-refractivity contribution in [3.05, 3.63) is 41.1 Å². The van der Waals surface area contributed by atoms with Crippen LogP contribution < -0.4 is 5.73 Å². The second kappa shape index (κ2) is 3.62. The zero-order chi connectivity index (χ0) is 12.0. The molecular formula is C14H17N3. The molecule has 0 saturated heterocycles. The maximum absolute atomic E-state index is 6.03. The van der Waals surface area contributed by atoms with Crippen LogP contribution in [-0.4, -0.2) is 9.78 Å². The van der Waals surface area contributed by atoms with Gasteiger partial charge in [0, 0.05) is 12.0 Å². The van der Waals surface area contributed by atoms with E-state index in [-0.39, 0.29) is 0 Å². The molecule has 0 atom stereocenters. The number of hydrogen-bond acceptors (Lipinski definition) is 2. The third kappa shape index (κ3) is 1.82. The summed E-state index contributed by atoms with van der Waals surface area (Å²) < 4.78 is 1.85. The highest BCUT2D eigenvalue weighted by molar-refractivity contribution is 5.46. The van der Waals surface area contributed by atoms with Crippen molar-refractivity contribution in [1.82, 2.24) is 9.78 Å². The van der Waals surface area contributed by atoms with Gasteiger partial charge in [0.25, 0.3) is 0 Å². The van der Waals surface area contributed by atoms with Gasteiger partial charge in [0.05, 0.1) is 11.4 Å². The van der Waals surface area contributed by atoms with Crippen molar-refractivity contribution in [3.63, 3.8) is 0 Å². The molecule has 1 aliphatic rings. The number of nitrogens with two attached hydrogens (primary N) is 1. The zero-order valence-corrected chi connectivity index (χ0v) is 10.3. The van der Waals surface area contributed by atoms with Crippen molar-refractivity contribution in [2.24, 2.45) is 0 Å². The minimum atomic E-state index is 0.644. The molecule has 0 aliphatic heterocycles. The van der Waals surface area contributed by atoms with Gasteiger partial charge in [-0.25, -0.2) is 4.68 Å². The molecule has 1 aromatic carbocycles. The van der Waals surface area contributed by atoms with E-state index in [2.05, 4.69) is 37.1 Å². The van der Waals surface area contributed by atoms with Crippen molar-refractivity contribution >= 4 is 5.82 Å². The first-order valence-electron chi connectivity index (χ1n) is 6.08. The molecule has 1 saturated carbocycles. The average molecular weight is 227 g/mol. The highest BCUT2D eigenvalue weighted by Gasteiger charge is 2.27. The summed E-state index contributed by atoms with van der Waals surface area (Å²) in [6.07, 6.45) is 2.51. The maximum Gasteiger partial charge on any atom is 0.127 e. The Balaban J connectivity index is 2.04. The number of aryl methyl sites for hydroxylation is 2. The minimum Gasteiger partial charge on any atom is -0.384 e. The van der Waals surface area contributed by atoms with Gasteiger partial charge in [-0.1, -0.05) is 6.07 Å². The van der Waals surface area contributed by atoms with Crippen LogP contribution in [0.4, 0.5) is 5.82 Å². The highest BCUT2D eigenvalue weighted by Crippen LogP contribution is 2.40. The molecular weight excluding hydrogens is 210 g/mol. The van der Waals surface area contributed by atoms with Gasteiger partial charge >= 0.3 is 0 Å². The molecule has 3 nitrogen and oxygen atoms in total. The van der Waals surface area contributed by atoms with Crippen molar-refractivity contribution < 1.29 is 0 Å². The molecule has 1 heterocycles. The number of benzene rings is 1. The smallest absolute Gasteiger partial charge is 0.127 e. The van der Waals surface area contributed by atoms with E-state index >= 15 is 0 Å². The molecule has 17 heavy (non-hydrogen) atoms. The molecule has 3 heteroatoms. The summed E-state index contributed by atoms with van der Waals surface area (Å²) in [7, 11) is 0. The predicted molar refractivity (Wildman–Crippen MR) is 69.4 cm³/mol. The summed E-state index contributed by atoms with van der Waals surface area (Å²) in [4.78, 5) is 0. The zero-order valence-electron chi connectivity index (χ0n) is 10.3. The standard InChI is InChI=1S/C14H17N3/c1-9-3-6-12(7-10(9)2)17-14(15)8-13(16-17)11-4-5-11/h3,6-8,11H,4-5,15H2,1-2H3. The van der Waals surface area contributed by atoms with Crippen molar-refractivity contribution in [3.8, 4) is 5.69 Å². The molecule has 0 radical (unpaired) electrons. The van der Waals surface area contributed by atoms with Crippen LogP contribution in [0.25, 0.3) is 5.69 Å². The van der Waals surface area contributed by atoms with Crippen LogP contribution in [0.2, 0.25) is 0 Å². The summed E-state index contributed by atoms with van der Waals surface area (Å²) in [6, 6.07) is 8.33. The fraction of sp³-hybridized carbons (Fsp3) is 0.357. The van der Waals surface area contributed by atoms with Gasteiger partial charge in [-0.15, -0.1) is 0 Å². The molecule has 1 aromatic heterocycles. The Morgan fingerprint density at radius 3 is 2.59 bits per heavy atom. The number of nitrogens with zero attached hydrogens (tertiary/aromatic N) is 2. The summed E-state index contributed by atoms with van der Waals surface area (Å²) >= 11 is 0. The van der Waals surface area contributed by atoms with Gasteiger partial charge < -0.3 is 5.73 Å². The van der Waals surface area contributed by atoms with Crippen LogP contribution in [0.3, 0.4) is 0 Å². The Morgan fingerprint density at radius 1 is 1.18 bits per heavy atom. The summed E-state index contributed by atoms with van der Waals surface area (Å²) in [5.74, 6) is 1.38. The monoisotopic (exact) mass is 227 g/mol. The Morgan fingerprint density at radius 2 is 1.94 bits per heavy atom. The number of aromatic nitrogens is 2. The number of rotatable bonds is 2. The fourth-order valence-corrected chi connectivity index (χ4v) is 2.06. The molecule has 0 amide bonds. The molecule has 0 bridgehead atoms. The quantitative estimate of drug-likeness (QED) is 0.857. The Labute approximate surface area is 101 Å². The van der Waals surface area contributed by atoms with Gasteiger partial charge in [-0.2, -0.15) is 5.10 Å². The number of anilines is 1. The summed E-state index contributed by atoms with van der Waals surface area (Å²) in [5, 5.41) is 4.60. The normalized spacial score (nSPS) is 15.2. The van der Waals surface area contributed by atoms with E-state index in [1.54, 1.807) is 0 Å². The van der Waals surface area contributed by atoms with E-state index < -0.39 is 0 Å². The van der Waals surface area contributed by atoms with E-state index in [0.29, 0.717) is 5.92 Å². The summed E-state index contributed by atoms with van der Waals surface area (Å²) in [5.41, 5.74) is 10.8. The van der Waals surface area contributed by atoms with Crippen LogP contribution in [0.1, 0.15) is 35.6 Å². The van der Waals surface area contributed by atoms with Gasteiger partial charge in [-0.05, 0) is 49.9 Å². The lowest BCUT2D eigenvalue weighted by molar-refractivity contribution is 0.843. The molecule has 1 fully saturated rings. The molecule has 1 aliphatic carbocycles. The Hall–Kier alpha value is -1.77. The minimum absolute atomic E-state index is 0.644. The van der Waals surface area contributed by atoms with E-state index in [0.717, 1.165) is 17.2 Å². The van der Waals surface area contributed by atoms with E-state index in [1.165, 1.54) is 24.0 Å². The van der Waals surface area contributed by atoms with Crippen molar-refractivity contribution in [2.45, 2.75) is 32.6 Å². The summed E-state index contributed by atoms with van der Waals surface area (Å²) in [6.45, 7) is 4.22. The Kier molecular flexibility index (Phi) is 2.21. The van der Waals surface area contributed by atoms with Crippen LogP contribution in [0.5, 0.6) is 0 Å². The number of nitrogen functional groups attached to an aromatic ring is 1. The largest absolute Gasteiger partial charge is 0.384 e. The van der Waals surface area contributed by atoms with Crippen LogP contribution >= 0.6 is 0 Å². The lowest BCUT2D eigenvalue weighted by Gasteiger charge is -2.06. The molecule has 0 spiro atoms. The average Bonchev–Trinajstić information content (AvgIpc) is 3.07. The van der Waals surface area contributed by atoms with Crippen molar-refractivity contribution in [1.29, 1.82) is 0 Å². The molecule has 88 valence electrons. The fourth-order valence-electron chi connectivity index (χ4n) is 2.06. The third-order valence-electron chi connectivity index (χ3n) is 3.49. The van der Waals surface area contributed by atoms with E-state index in [9.17, 15) is 0 Å². The molecule has 0 unspecified atom stereocenters. The third-order valence-corrected chi connectivity index (χ3v) is 3.49. The lowest BCUT2D eigenvalue weighted by Crippen LogP contribution is -2.02. The second-order valence-electron chi connectivity index (χ2n) is 4.95. The first-order chi connectivity index (χ1) is 8.15. The molecule has 2 aromatic rings. The van der Waals surface area contributed by atoms with Crippen LogP contribution in [-0.2, 0) is 0 Å². The van der Waals surface area contributed by atoms with E-state index in [4.69, 9.17) is 5.73 Å². The van der Waals surface area contributed by atoms with Crippen LogP contribution in [0.15, 0.2) is 24.3 Å². The second-order valence-corrected chi connectivity index (χ2v) is 4.95. The molecule has 2 N–H and O–H groups in total. The van der Waals surface area contributed by atoms with Gasteiger partial charge in [0.1, 0.15) is 5.82 Å². The first-order valence-corrected chi connectivity index (χ1v) is 6.08. The van der Waals surface area contributed by atoms with Gasteiger partial charge in [0.15, 0.2) is 0 Å². The van der Waals surface area contributed by atoms with E-state index in [1.807, 2.05) is 10.7 Å². The first kappa shape index (κ1) is 10.4. The topological polar surface area (TPSA) is 43.8 Å². The van der Waals surface area contributed by atoms with Gasteiger partial charge in [0.2, 0.25) is 0 Å². The van der Waals surface area contributed by atoms with Crippen LogP contribution in [0, 0.1) is 13.8 Å². The maximum atomic E-state index is 6.03.